The topological polar surface area (TPSA) is 58.2 Å². The lowest BCUT2D eigenvalue weighted by molar-refractivity contribution is -0.123. The first-order valence-electron chi connectivity index (χ1n) is 8.59. The summed E-state index contributed by atoms with van der Waals surface area (Å²) in [6.07, 6.45) is 2.11. The van der Waals surface area contributed by atoms with Crippen LogP contribution in [0.25, 0.3) is 0 Å². The average Bonchev–Trinajstić information content (AvgIpc) is 3.44. The third kappa shape index (κ3) is 4.30. The van der Waals surface area contributed by atoms with Crippen molar-refractivity contribution in [1.29, 1.82) is 0 Å². The number of carbonyl (C=O) groups is 2. The molecule has 2 aromatic carbocycles. The zero-order valence-electron chi connectivity index (χ0n) is 14.2. The first-order chi connectivity index (χ1) is 12.5. The second-order valence-electron chi connectivity index (χ2n) is 6.46. The molecule has 0 bridgehead atoms. The fraction of sp³-hybridized carbons (Fsp3) is 0.300. The van der Waals surface area contributed by atoms with Crippen LogP contribution in [-0.2, 0) is 10.2 Å². The molecule has 1 fully saturated rings. The van der Waals surface area contributed by atoms with Crippen molar-refractivity contribution in [3.63, 3.8) is 0 Å². The van der Waals surface area contributed by atoms with Gasteiger partial charge in [0, 0.05) is 23.1 Å². The van der Waals surface area contributed by atoms with E-state index in [0.29, 0.717) is 25.1 Å². The third-order valence-corrected chi connectivity index (χ3v) is 5.12. The number of carbonyl (C=O) groups excluding carboxylic acids is 2. The number of nitrogens with one attached hydrogen (secondary N) is 2. The number of rotatable bonds is 7. The normalized spacial score (nSPS) is 14.5. The molecule has 1 aliphatic rings. The first-order valence-corrected chi connectivity index (χ1v) is 9.39. The van der Waals surface area contributed by atoms with Crippen LogP contribution in [0.5, 0.6) is 0 Å². The van der Waals surface area contributed by atoms with Gasteiger partial charge in [0.05, 0.1) is 5.41 Å². The highest BCUT2D eigenvalue weighted by Gasteiger charge is 2.51. The molecular formula is C20H20BrFN2O2. The summed E-state index contributed by atoms with van der Waals surface area (Å²) in [7, 11) is 0. The second-order valence-corrected chi connectivity index (χ2v) is 7.38. The summed E-state index contributed by atoms with van der Waals surface area (Å²) in [6, 6.07) is 13.4. The molecule has 0 atom stereocenters. The third-order valence-electron chi connectivity index (χ3n) is 4.59. The number of benzene rings is 2. The van der Waals surface area contributed by atoms with E-state index < -0.39 is 5.41 Å². The highest BCUT2D eigenvalue weighted by Crippen LogP contribution is 2.48. The standard InChI is InChI=1S/C20H20BrFN2O2/c21-16-7-5-14(6-8-16)18(25)23-11-2-12-24-19(26)20(9-10-20)15-3-1-4-17(22)13-15/h1,3-8,13H,2,9-12H2,(H,23,25)(H,24,26). The van der Waals surface area contributed by atoms with Crippen molar-refractivity contribution in [2.45, 2.75) is 24.7 Å². The van der Waals surface area contributed by atoms with E-state index >= 15 is 0 Å². The van der Waals surface area contributed by atoms with E-state index in [-0.39, 0.29) is 17.6 Å². The van der Waals surface area contributed by atoms with Gasteiger partial charge < -0.3 is 10.6 Å². The minimum absolute atomic E-state index is 0.0673. The molecule has 0 saturated heterocycles. The largest absolute Gasteiger partial charge is 0.355 e. The van der Waals surface area contributed by atoms with Crippen molar-refractivity contribution in [3.05, 3.63) is 69.9 Å². The summed E-state index contributed by atoms with van der Waals surface area (Å²) in [6.45, 7) is 0.943. The number of halogens is 2. The first kappa shape index (κ1) is 18.6. The van der Waals surface area contributed by atoms with Gasteiger partial charge in [0.1, 0.15) is 5.82 Å². The highest BCUT2D eigenvalue weighted by molar-refractivity contribution is 9.10. The Morgan fingerprint density at radius 3 is 2.38 bits per heavy atom. The average molecular weight is 419 g/mol. The van der Waals surface area contributed by atoms with E-state index in [1.807, 2.05) is 12.1 Å². The van der Waals surface area contributed by atoms with E-state index in [2.05, 4.69) is 26.6 Å². The Hall–Kier alpha value is -2.21. The molecule has 2 aromatic rings. The van der Waals surface area contributed by atoms with E-state index in [1.54, 1.807) is 24.3 Å². The predicted octanol–water partition coefficient (Wildman–Crippen LogP) is 3.56. The lowest BCUT2D eigenvalue weighted by Crippen LogP contribution is -2.36. The monoisotopic (exact) mass is 418 g/mol. The van der Waals surface area contributed by atoms with Crippen LogP contribution in [-0.4, -0.2) is 24.9 Å². The Kier molecular flexibility index (Phi) is 5.71. The Bertz CT molecular complexity index is 804. The molecule has 136 valence electrons. The van der Waals surface area contributed by atoms with Crippen molar-refractivity contribution in [3.8, 4) is 0 Å². The van der Waals surface area contributed by atoms with E-state index in [0.717, 1.165) is 22.9 Å². The maximum Gasteiger partial charge on any atom is 0.251 e. The molecule has 0 heterocycles. The molecule has 0 aromatic heterocycles. The van der Waals surface area contributed by atoms with Crippen LogP contribution < -0.4 is 10.6 Å². The number of hydrogen-bond donors (Lipinski definition) is 2. The van der Waals surface area contributed by atoms with Crippen LogP contribution in [0.2, 0.25) is 0 Å². The second kappa shape index (κ2) is 7.99. The minimum atomic E-state index is -0.581. The lowest BCUT2D eigenvalue weighted by atomic mass is 9.95. The maximum atomic E-state index is 13.4. The Balaban J connectivity index is 1.42. The number of amides is 2. The molecule has 3 rings (SSSR count). The molecule has 0 unspecified atom stereocenters. The summed E-state index contributed by atoms with van der Waals surface area (Å²) < 4.78 is 14.3. The summed E-state index contributed by atoms with van der Waals surface area (Å²) in [4.78, 5) is 24.5. The van der Waals surface area contributed by atoms with Gasteiger partial charge in [-0.3, -0.25) is 9.59 Å². The van der Waals surface area contributed by atoms with Crippen molar-refractivity contribution in [2.75, 3.05) is 13.1 Å². The molecule has 2 N–H and O–H groups in total. The SMILES string of the molecule is O=C(NCCCNC(=O)C1(c2cccc(F)c2)CC1)c1ccc(Br)cc1. The number of hydrogen-bond acceptors (Lipinski definition) is 2. The summed E-state index contributed by atoms with van der Waals surface area (Å²) >= 11 is 3.33. The molecule has 0 aliphatic heterocycles. The van der Waals surface area contributed by atoms with E-state index in [1.165, 1.54) is 12.1 Å². The highest BCUT2D eigenvalue weighted by atomic mass is 79.9. The van der Waals surface area contributed by atoms with Crippen LogP contribution >= 0.6 is 15.9 Å². The van der Waals surface area contributed by atoms with E-state index in [9.17, 15) is 14.0 Å². The smallest absolute Gasteiger partial charge is 0.251 e. The van der Waals surface area contributed by atoms with Gasteiger partial charge in [-0.1, -0.05) is 28.1 Å². The van der Waals surface area contributed by atoms with Crippen LogP contribution in [0.1, 0.15) is 35.2 Å². The zero-order chi connectivity index (χ0) is 18.6. The molecule has 2 amide bonds. The van der Waals surface area contributed by atoms with Gasteiger partial charge in [-0.25, -0.2) is 4.39 Å². The van der Waals surface area contributed by atoms with Crippen LogP contribution in [0.15, 0.2) is 53.0 Å². The molecular weight excluding hydrogens is 399 g/mol. The molecule has 0 radical (unpaired) electrons. The summed E-state index contributed by atoms with van der Waals surface area (Å²) in [5.41, 5.74) is 0.752. The molecule has 6 heteroatoms. The molecule has 1 saturated carbocycles. The fourth-order valence-corrected chi connectivity index (χ4v) is 3.19. The van der Waals surface area contributed by atoms with E-state index in [4.69, 9.17) is 0 Å². The van der Waals surface area contributed by atoms with Gasteiger partial charge in [0.25, 0.3) is 5.91 Å². The van der Waals surface area contributed by atoms with Gasteiger partial charge in [-0.2, -0.15) is 0 Å². The zero-order valence-corrected chi connectivity index (χ0v) is 15.8. The van der Waals surface area contributed by atoms with Gasteiger partial charge in [0.2, 0.25) is 5.91 Å². The molecule has 1 aliphatic carbocycles. The van der Waals surface area contributed by atoms with Crippen molar-refractivity contribution < 1.29 is 14.0 Å². The fourth-order valence-electron chi connectivity index (χ4n) is 2.92. The Morgan fingerprint density at radius 2 is 1.73 bits per heavy atom. The van der Waals surface area contributed by atoms with Crippen molar-refractivity contribution >= 4 is 27.7 Å². The van der Waals surface area contributed by atoms with Crippen LogP contribution in [0.3, 0.4) is 0 Å². The van der Waals surface area contributed by atoms with Crippen LogP contribution in [0.4, 0.5) is 4.39 Å². The Labute approximate surface area is 160 Å². The van der Waals surface area contributed by atoms with Crippen molar-refractivity contribution in [1.82, 2.24) is 10.6 Å². The predicted molar refractivity (Wildman–Crippen MR) is 101 cm³/mol. The Morgan fingerprint density at radius 1 is 1.04 bits per heavy atom. The van der Waals surface area contributed by atoms with Gasteiger partial charge in [0.15, 0.2) is 0 Å². The quantitative estimate of drug-likeness (QED) is 0.675. The summed E-state index contributed by atoms with van der Waals surface area (Å²) in [5.74, 6) is -0.526. The maximum absolute atomic E-state index is 13.4. The lowest BCUT2D eigenvalue weighted by Gasteiger charge is -2.16. The van der Waals surface area contributed by atoms with Gasteiger partial charge >= 0.3 is 0 Å². The molecule has 4 nitrogen and oxygen atoms in total. The molecule has 26 heavy (non-hydrogen) atoms. The van der Waals surface area contributed by atoms with Crippen molar-refractivity contribution in [2.24, 2.45) is 0 Å². The molecule has 0 spiro atoms. The minimum Gasteiger partial charge on any atom is -0.355 e. The van der Waals surface area contributed by atoms with Gasteiger partial charge in [-0.05, 0) is 61.2 Å². The van der Waals surface area contributed by atoms with Gasteiger partial charge in [-0.15, -0.1) is 0 Å². The summed E-state index contributed by atoms with van der Waals surface area (Å²) in [5, 5.41) is 5.74. The van der Waals surface area contributed by atoms with Crippen LogP contribution in [0, 0.1) is 5.82 Å².